The SMILES string of the molecule is CC1CN(C(=O)c2cc3ccsc3n2Cc2ccccc2F)CCN1S(=O)(=O)Cc1ccccc1. The van der Waals surface area contributed by atoms with Crippen molar-refractivity contribution >= 4 is 37.5 Å². The van der Waals surface area contributed by atoms with Gasteiger partial charge in [-0.2, -0.15) is 4.31 Å². The topological polar surface area (TPSA) is 62.6 Å². The van der Waals surface area contributed by atoms with E-state index in [-0.39, 0.29) is 36.6 Å². The monoisotopic (exact) mass is 511 g/mol. The van der Waals surface area contributed by atoms with E-state index in [0.717, 1.165) is 15.8 Å². The van der Waals surface area contributed by atoms with Crippen molar-refractivity contribution in [3.63, 3.8) is 0 Å². The van der Waals surface area contributed by atoms with Crippen LogP contribution >= 0.6 is 11.3 Å². The number of benzene rings is 2. The lowest BCUT2D eigenvalue weighted by atomic mass is 10.2. The molecule has 0 bridgehead atoms. The van der Waals surface area contributed by atoms with Gasteiger partial charge in [0.25, 0.3) is 5.91 Å². The number of hydrogen-bond acceptors (Lipinski definition) is 4. The molecule has 0 spiro atoms. The van der Waals surface area contributed by atoms with Gasteiger partial charge in [-0.05, 0) is 36.1 Å². The molecule has 35 heavy (non-hydrogen) atoms. The maximum Gasteiger partial charge on any atom is 0.270 e. The van der Waals surface area contributed by atoms with Crippen molar-refractivity contribution in [3.8, 4) is 0 Å². The summed E-state index contributed by atoms with van der Waals surface area (Å²) < 4.78 is 43.9. The number of piperazine rings is 1. The number of rotatable bonds is 6. The predicted octanol–water partition coefficient (Wildman–Crippen LogP) is 4.57. The highest BCUT2D eigenvalue weighted by Gasteiger charge is 2.35. The van der Waals surface area contributed by atoms with E-state index < -0.39 is 10.0 Å². The van der Waals surface area contributed by atoms with Crippen LogP contribution in [0.4, 0.5) is 4.39 Å². The zero-order valence-corrected chi connectivity index (χ0v) is 20.9. The van der Waals surface area contributed by atoms with Crippen molar-refractivity contribution in [2.24, 2.45) is 0 Å². The summed E-state index contributed by atoms with van der Waals surface area (Å²) in [4.78, 5) is 16.2. The molecule has 9 heteroatoms. The van der Waals surface area contributed by atoms with Crippen molar-refractivity contribution in [1.82, 2.24) is 13.8 Å². The van der Waals surface area contributed by atoms with Gasteiger partial charge >= 0.3 is 0 Å². The standard InChI is InChI=1S/C26H26FN3O3S2/c1-19-16-28(12-13-30(19)35(32,33)18-20-7-3-2-4-8-20)25(31)24-15-21-11-14-34-26(21)29(24)17-22-9-5-6-10-23(22)27/h2-11,14-15,19H,12-13,16-18H2,1H3. The average Bonchev–Trinajstić information content (AvgIpc) is 3.42. The van der Waals surface area contributed by atoms with Gasteiger partial charge in [0.2, 0.25) is 10.0 Å². The molecule has 0 aliphatic carbocycles. The lowest BCUT2D eigenvalue weighted by Gasteiger charge is -2.39. The molecule has 1 unspecified atom stereocenters. The largest absolute Gasteiger partial charge is 0.334 e. The Morgan fingerprint density at radius 3 is 2.54 bits per heavy atom. The molecule has 3 heterocycles. The number of fused-ring (bicyclic) bond motifs is 1. The number of sulfonamides is 1. The summed E-state index contributed by atoms with van der Waals surface area (Å²) in [6.07, 6.45) is 0. The minimum Gasteiger partial charge on any atom is -0.334 e. The van der Waals surface area contributed by atoms with Crippen molar-refractivity contribution in [1.29, 1.82) is 0 Å². The first-order valence-electron chi connectivity index (χ1n) is 11.5. The van der Waals surface area contributed by atoms with Crippen LogP contribution in [0, 0.1) is 5.82 Å². The average molecular weight is 512 g/mol. The second kappa shape index (κ2) is 9.56. The molecule has 5 rings (SSSR count). The van der Waals surface area contributed by atoms with E-state index in [2.05, 4.69) is 0 Å². The molecule has 1 saturated heterocycles. The van der Waals surface area contributed by atoms with E-state index in [1.54, 1.807) is 35.2 Å². The summed E-state index contributed by atoms with van der Waals surface area (Å²) in [7, 11) is -3.51. The first-order chi connectivity index (χ1) is 16.8. The van der Waals surface area contributed by atoms with Gasteiger partial charge < -0.3 is 9.47 Å². The highest BCUT2D eigenvalue weighted by atomic mass is 32.2. The highest BCUT2D eigenvalue weighted by Crippen LogP contribution is 2.28. The summed E-state index contributed by atoms with van der Waals surface area (Å²) in [5.74, 6) is -0.541. The van der Waals surface area contributed by atoms with Crippen LogP contribution in [0.5, 0.6) is 0 Å². The lowest BCUT2D eigenvalue weighted by molar-refractivity contribution is 0.0632. The van der Waals surface area contributed by atoms with Crippen molar-refractivity contribution in [2.45, 2.75) is 25.3 Å². The van der Waals surface area contributed by atoms with Crippen LogP contribution in [0.2, 0.25) is 0 Å². The van der Waals surface area contributed by atoms with Crippen LogP contribution in [0.15, 0.2) is 72.1 Å². The number of thiophene rings is 1. The van der Waals surface area contributed by atoms with Crippen LogP contribution in [0.1, 0.15) is 28.5 Å². The zero-order chi connectivity index (χ0) is 24.6. The molecule has 1 aliphatic rings. The fraction of sp³-hybridized carbons (Fsp3) is 0.269. The minimum absolute atomic E-state index is 0.0616. The number of amides is 1. The molecule has 1 fully saturated rings. The smallest absolute Gasteiger partial charge is 0.270 e. The van der Waals surface area contributed by atoms with Gasteiger partial charge in [-0.25, -0.2) is 12.8 Å². The van der Waals surface area contributed by atoms with E-state index in [0.29, 0.717) is 24.3 Å². The number of hydrogen-bond donors (Lipinski definition) is 0. The van der Waals surface area contributed by atoms with Gasteiger partial charge in [0.05, 0.1) is 12.3 Å². The summed E-state index contributed by atoms with van der Waals surface area (Å²) in [6.45, 7) is 2.92. The maximum atomic E-state index is 14.4. The van der Waals surface area contributed by atoms with Gasteiger partial charge in [-0.3, -0.25) is 4.79 Å². The minimum atomic E-state index is -3.51. The predicted molar refractivity (Wildman–Crippen MR) is 136 cm³/mol. The van der Waals surface area contributed by atoms with E-state index in [1.165, 1.54) is 21.7 Å². The third-order valence-electron chi connectivity index (χ3n) is 6.41. The van der Waals surface area contributed by atoms with Gasteiger partial charge in [-0.1, -0.05) is 48.5 Å². The van der Waals surface area contributed by atoms with Gasteiger partial charge in [-0.15, -0.1) is 11.3 Å². The summed E-state index contributed by atoms with van der Waals surface area (Å²) >= 11 is 1.51. The van der Waals surface area contributed by atoms with E-state index in [4.69, 9.17) is 0 Å². The Morgan fingerprint density at radius 1 is 1.06 bits per heavy atom. The quantitative estimate of drug-likeness (QED) is 0.381. The molecule has 1 atom stereocenters. The Balaban J connectivity index is 1.36. The van der Waals surface area contributed by atoms with Crippen LogP contribution in [0.3, 0.4) is 0 Å². The van der Waals surface area contributed by atoms with Crippen molar-refractivity contribution in [3.05, 3.63) is 94.7 Å². The van der Waals surface area contributed by atoms with Crippen LogP contribution in [-0.2, 0) is 22.3 Å². The zero-order valence-electron chi connectivity index (χ0n) is 19.3. The lowest BCUT2D eigenvalue weighted by Crippen LogP contribution is -2.55. The molecule has 1 amide bonds. The molecule has 0 N–H and O–H groups in total. The second-order valence-electron chi connectivity index (χ2n) is 8.84. The van der Waals surface area contributed by atoms with E-state index in [9.17, 15) is 17.6 Å². The van der Waals surface area contributed by atoms with Gasteiger partial charge in [0, 0.05) is 36.6 Å². The third-order valence-corrected chi connectivity index (χ3v) is 9.32. The molecule has 6 nitrogen and oxygen atoms in total. The van der Waals surface area contributed by atoms with Gasteiger partial charge in [0.1, 0.15) is 16.3 Å². The summed E-state index contributed by atoms with van der Waals surface area (Å²) in [5.41, 5.74) is 1.74. The highest BCUT2D eigenvalue weighted by molar-refractivity contribution is 7.88. The fourth-order valence-electron chi connectivity index (χ4n) is 4.67. The molecule has 0 saturated carbocycles. The van der Waals surface area contributed by atoms with Crippen LogP contribution in [-0.4, -0.2) is 53.8 Å². The molecule has 182 valence electrons. The number of nitrogens with zero attached hydrogens (tertiary/aromatic N) is 3. The van der Waals surface area contributed by atoms with E-state index >= 15 is 0 Å². The van der Waals surface area contributed by atoms with Crippen LogP contribution in [0.25, 0.3) is 10.2 Å². The molecule has 0 radical (unpaired) electrons. The van der Waals surface area contributed by atoms with Crippen molar-refractivity contribution < 1.29 is 17.6 Å². The Hall–Kier alpha value is -3.01. The number of carbonyl (C=O) groups excluding carboxylic acids is 1. The van der Waals surface area contributed by atoms with Crippen molar-refractivity contribution in [2.75, 3.05) is 19.6 Å². The molecule has 2 aromatic carbocycles. The molecule has 4 aromatic rings. The molecular formula is C26H26FN3O3S2. The second-order valence-corrected chi connectivity index (χ2v) is 11.7. The Kier molecular flexibility index (Phi) is 6.48. The Morgan fingerprint density at radius 2 is 1.80 bits per heavy atom. The maximum absolute atomic E-state index is 14.4. The first kappa shape index (κ1) is 23.7. The summed E-state index contributed by atoms with van der Waals surface area (Å²) in [6, 6.07) is 19.1. The normalized spacial score (nSPS) is 17.2. The van der Waals surface area contributed by atoms with Crippen LogP contribution < -0.4 is 0 Å². The number of halogens is 1. The third kappa shape index (κ3) is 4.76. The molecular weight excluding hydrogens is 485 g/mol. The van der Waals surface area contributed by atoms with E-state index in [1.807, 2.05) is 47.2 Å². The van der Waals surface area contributed by atoms with Gasteiger partial charge in [0.15, 0.2) is 0 Å². The summed E-state index contributed by atoms with van der Waals surface area (Å²) in [5, 5.41) is 2.89. The molecule has 1 aliphatic heterocycles. The number of aromatic nitrogens is 1. The Bertz CT molecular complexity index is 1460. The first-order valence-corrected chi connectivity index (χ1v) is 14.0. The fourth-order valence-corrected chi connectivity index (χ4v) is 7.33. The number of carbonyl (C=O) groups is 1. The Labute approximate surface area is 208 Å². The molecule has 2 aromatic heterocycles.